The molecule has 2 rings (SSSR count). The fourth-order valence-corrected chi connectivity index (χ4v) is 4.74. The number of nitrogens with one attached hydrogen (secondary N) is 4. The van der Waals surface area contributed by atoms with Crippen molar-refractivity contribution in [2.45, 2.75) is 103 Å². The predicted octanol–water partition coefficient (Wildman–Crippen LogP) is 4.77. The van der Waals surface area contributed by atoms with Crippen LogP contribution in [0.25, 0.3) is 0 Å². The van der Waals surface area contributed by atoms with Gasteiger partial charge in [-0.2, -0.15) is 0 Å². The van der Waals surface area contributed by atoms with Crippen LogP contribution in [0.5, 0.6) is 0 Å². The summed E-state index contributed by atoms with van der Waals surface area (Å²) in [5, 5.41) is 12.0. The van der Waals surface area contributed by atoms with Crippen LogP contribution in [0, 0.1) is 5.92 Å². The summed E-state index contributed by atoms with van der Waals surface area (Å²) in [5.74, 6) is -1.25. The van der Waals surface area contributed by atoms with Gasteiger partial charge in [0, 0.05) is 36.5 Å². The predicted molar refractivity (Wildman–Crippen MR) is 164 cm³/mol. The van der Waals surface area contributed by atoms with Crippen LogP contribution in [0.2, 0.25) is 5.02 Å². The first-order chi connectivity index (χ1) is 19.7. The molecule has 4 N–H and O–H groups in total. The minimum absolute atomic E-state index is 0.0211. The zero-order chi connectivity index (χ0) is 30.0. The van der Waals surface area contributed by atoms with Crippen LogP contribution in [-0.4, -0.2) is 48.3 Å². The summed E-state index contributed by atoms with van der Waals surface area (Å²) >= 11 is 6.17. The van der Waals surface area contributed by atoms with Crippen LogP contribution < -0.4 is 21.3 Å². The molecule has 4 amide bonds. The highest BCUT2D eigenvalue weighted by Crippen LogP contribution is 2.14. The molecular formula is C32H47ClN4O4. The lowest BCUT2D eigenvalue weighted by Crippen LogP contribution is -2.55. The summed E-state index contributed by atoms with van der Waals surface area (Å²) in [4.78, 5) is 51.7. The van der Waals surface area contributed by atoms with Gasteiger partial charge < -0.3 is 21.3 Å². The molecular weight excluding hydrogens is 540 g/mol. The Balaban J connectivity index is 2.12. The first-order valence-electron chi connectivity index (χ1n) is 15.0. The minimum Gasteiger partial charge on any atom is -0.352 e. The van der Waals surface area contributed by atoms with E-state index >= 15 is 0 Å². The summed E-state index contributed by atoms with van der Waals surface area (Å²) in [5.41, 5.74) is 0.799. The molecule has 0 unspecified atom stereocenters. The molecule has 0 fully saturated rings. The first-order valence-corrected chi connectivity index (χ1v) is 15.3. The Morgan fingerprint density at radius 2 is 1.78 bits per heavy atom. The monoisotopic (exact) mass is 586 g/mol. The summed E-state index contributed by atoms with van der Waals surface area (Å²) in [6.07, 6.45) is 15.2. The lowest BCUT2D eigenvalue weighted by atomic mass is 10.0. The summed E-state index contributed by atoms with van der Waals surface area (Å²) in [7, 11) is 0. The number of rotatable bonds is 14. The van der Waals surface area contributed by atoms with Crippen molar-refractivity contribution in [1.29, 1.82) is 0 Å². The van der Waals surface area contributed by atoms with Gasteiger partial charge in [-0.25, -0.2) is 0 Å². The van der Waals surface area contributed by atoms with E-state index in [1.54, 1.807) is 36.4 Å². The van der Waals surface area contributed by atoms with Gasteiger partial charge in [0.25, 0.3) is 0 Å². The topological polar surface area (TPSA) is 116 Å². The van der Waals surface area contributed by atoms with Gasteiger partial charge in [0.05, 0.1) is 0 Å². The molecule has 9 heteroatoms. The average molecular weight is 587 g/mol. The van der Waals surface area contributed by atoms with E-state index in [4.69, 9.17) is 11.6 Å². The molecule has 0 bridgehead atoms. The van der Waals surface area contributed by atoms with Crippen molar-refractivity contribution in [2.24, 2.45) is 5.92 Å². The van der Waals surface area contributed by atoms with E-state index in [1.807, 2.05) is 19.9 Å². The molecule has 1 aromatic carbocycles. The van der Waals surface area contributed by atoms with Crippen molar-refractivity contribution >= 4 is 35.2 Å². The fourth-order valence-electron chi connectivity index (χ4n) is 4.53. The number of amides is 4. The van der Waals surface area contributed by atoms with Gasteiger partial charge in [-0.3, -0.25) is 19.2 Å². The van der Waals surface area contributed by atoms with Crippen molar-refractivity contribution < 1.29 is 19.2 Å². The summed E-state index contributed by atoms with van der Waals surface area (Å²) in [6.45, 7) is 6.46. The number of unbranched alkanes of at least 4 members (excludes halogenated alkanes) is 6. The molecule has 0 spiro atoms. The van der Waals surface area contributed by atoms with E-state index in [-0.39, 0.29) is 24.2 Å². The number of carbonyl (C=O) groups excluding carboxylic acids is 4. The molecule has 1 aliphatic heterocycles. The summed E-state index contributed by atoms with van der Waals surface area (Å²) < 4.78 is 0. The van der Waals surface area contributed by atoms with E-state index < -0.39 is 29.9 Å². The number of halogens is 1. The van der Waals surface area contributed by atoms with Crippen LogP contribution in [0.15, 0.2) is 48.6 Å². The summed E-state index contributed by atoms with van der Waals surface area (Å²) in [6, 6.07) is 4.94. The Morgan fingerprint density at radius 3 is 2.49 bits per heavy atom. The molecule has 41 heavy (non-hydrogen) atoms. The molecule has 1 aromatic rings. The third-order valence-electron chi connectivity index (χ3n) is 6.99. The van der Waals surface area contributed by atoms with Crippen LogP contribution in [-0.2, 0) is 25.6 Å². The molecule has 8 nitrogen and oxygen atoms in total. The number of carbonyl (C=O) groups is 4. The Kier molecular flexibility index (Phi) is 15.9. The normalized spacial score (nSPS) is 20.1. The molecule has 1 heterocycles. The van der Waals surface area contributed by atoms with E-state index in [0.29, 0.717) is 24.4 Å². The van der Waals surface area contributed by atoms with Gasteiger partial charge in [-0.05, 0) is 36.5 Å². The standard InChI is InChI=1S/C32H47ClN4O4/c1-4-5-6-7-8-9-10-17-30(39)35-28(22-24-14-13-15-25(33)21-24)32(41)37-27-16-11-12-20-34-29(38)19-18-26(23(2)3)36-31(27)40/h11,13-16,18-19,21,23,26-28H,4-10,12,17,20,22H2,1-3H3,(H,34,38)(H,35,39)(H,36,40)(H,37,41)/b16-11+,19-18+/t26-,27+,28+/m1/s1. The molecule has 0 radical (unpaired) electrons. The lowest BCUT2D eigenvalue weighted by Gasteiger charge is -2.25. The number of hydrogen-bond acceptors (Lipinski definition) is 4. The third-order valence-corrected chi connectivity index (χ3v) is 7.22. The Morgan fingerprint density at radius 1 is 1.05 bits per heavy atom. The van der Waals surface area contributed by atoms with E-state index in [0.717, 1.165) is 24.8 Å². The van der Waals surface area contributed by atoms with Crippen molar-refractivity contribution in [3.8, 4) is 0 Å². The fraction of sp³-hybridized carbons (Fsp3) is 0.562. The van der Waals surface area contributed by atoms with Crippen molar-refractivity contribution in [3.63, 3.8) is 0 Å². The molecule has 1 aliphatic rings. The van der Waals surface area contributed by atoms with Crippen molar-refractivity contribution in [2.75, 3.05) is 6.54 Å². The second-order valence-electron chi connectivity index (χ2n) is 11.0. The zero-order valence-corrected chi connectivity index (χ0v) is 25.5. The Labute approximate surface area is 250 Å². The van der Waals surface area contributed by atoms with Gasteiger partial charge >= 0.3 is 0 Å². The lowest BCUT2D eigenvalue weighted by molar-refractivity contribution is -0.131. The molecule has 0 saturated carbocycles. The minimum atomic E-state index is -0.950. The number of hydrogen-bond donors (Lipinski definition) is 4. The second-order valence-corrected chi connectivity index (χ2v) is 11.4. The highest BCUT2D eigenvalue weighted by atomic mass is 35.5. The Bertz CT molecular complexity index is 1060. The van der Waals surface area contributed by atoms with Crippen molar-refractivity contribution in [1.82, 2.24) is 21.3 Å². The van der Waals surface area contributed by atoms with Crippen LogP contribution in [0.1, 0.15) is 84.1 Å². The maximum atomic E-state index is 13.5. The van der Waals surface area contributed by atoms with E-state index in [2.05, 4.69) is 28.2 Å². The van der Waals surface area contributed by atoms with Gasteiger partial charge in [0.2, 0.25) is 23.6 Å². The van der Waals surface area contributed by atoms with Gasteiger partial charge in [-0.15, -0.1) is 0 Å². The van der Waals surface area contributed by atoms with E-state index in [9.17, 15) is 19.2 Å². The van der Waals surface area contributed by atoms with Gasteiger partial charge in [-0.1, -0.05) is 101 Å². The molecule has 3 atom stereocenters. The number of benzene rings is 1. The zero-order valence-electron chi connectivity index (χ0n) is 24.7. The molecule has 0 aliphatic carbocycles. The SMILES string of the molecule is CCCCCCCCCC(=O)N[C@@H](Cc1cccc(Cl)c1)C(=O)N[C@H]1/C=C/CCNC(=O)/C=C/[C@H](C(C)C)NC1=O. The highest BCUT2D eigenvalue weighted by molar-refractivity contribution is 6.30. The maximum Gasteiger partial charge on any atom is 0.247 e. The smallest absolute Gasteiger partial charge is 0.247 e. The van der Waals surface area contributed by atoms with Crippen LogP contribution in [0.4, 0.5) is 0 Å². The highest BCUT2D eigenvalue weighted by Gasteiger charge is 2.27. The van der Waals surface area contributed by atoms with E-state index in [1.165, 1.54) is 31.8 Å². The second kappa shape index (κ2) is 19.1. The van der Waals surface area contributed by atoms with Crippen LogP contribution >= 0.6 is 11.6 Å². The van der Waals surface area contributed by atoms with Crippen LogP contribution in [0.3, 0.4) is 0 Å². The molecule has 0 saturated heterocycles. The average Bonchev–Trinajstić information content (AvgIpc) is 2.92. The quantitative estimate of drug-likeness (QED) is 0.186. The van der Waals surface area contributed by atoms with Crippen molar-refractivity contribution in [3.05, 3.63) is 59.2 Å². The van der Waals surface area contributed by atoms with Gasteiger partial charge in [0.1, 0.15) is 12.1 Å². The Hall–Kier alpha value is -3.13. The largest absolute Gasteiger partial charge is 0.352 e. The third kappa shape index (κ3) is 13.9. The maximum absolute atomic E-state index is 13.5. The van der Waals surface area contributed by atoms with Gasteiger partial charge in [0.15, 0.2) is 0 Å². The molecule has 0 aromatic heterocycles. The first kappa shape index (κ1) is 34.1. The molecule has 226 valence electrons.